The van der Waals surface area contributed by atoms with Gasteiger partial charge in [-0.3, -0.25) is 0 Å². The zero-order valence-electron chi connectivity index (χ0n) is 15.1. The summed E-state index contributed by atoms with van der Waals surface area (Å²) in [5, 5.41) is 14.8. The van der Waals surface area contributed by atoms with Gasteiger partial charge in [-0.05, 0) is 52.6 Å². The molecule has 1 N–H and O–H groups in total. The van der Waals surface area contributed by atoms with Crippen molar-refractivity contribution in [1.29, 1.82) is 0 Å². The van der Waals surface area contributed by atoms with Gasteiger partial charge in [-0.1, -0.05) is 19.0 Å². The van der Waals surface area contributed by atoms with Crippen LogP contribution in [0.2, 0.25) is 0 Å². The highest BCUT2D eigenvalue weighted by Crippen LogP contribution is 2.32. The molecule has 1 aromatic heterocycles. The second-order valence-corrected chi connectivity index (χ2v) is 6.70. The van der Waals surface area contributed by atoms with Gasteiger partial charge < -0.3 is 19.3 Å². The zero-order chi connectivity index (χ0) is 16.9. The second-order valence-electron chi connectivity index (χ2n) is 6.70. The van der Waals surface area contributed by atoms with Crippen LogP contribution in [0.15, 0.2) is 4.52 Å². The molecule has 132 valence electrons. The molecular formula is C18H32N2O3. The molecule has 0 aliphatic carbocycles. The molecule has 0 spiro atoms. The van der Waals surface area contributed by atoms with Gasteiger partial charge in [0.25, 0.3) is 0 Å². The van der Waals surface area contributed by atoms with Gasteiger partial charge >= 0.3 is 0 Å². The van der Waals surface area contributed by atoms with Crippen molar-refractivity contribution in [3.63, 3.8) is 0 Å². The molecule has 1 saturated heterocycles. The third kappa shape index (κ3) is 5.03. The molecule has 0 amide bonds. The maximum absolute atomic E-state index is 10.8. The van der Waals surface area contributed by atoms with E-state index in [1.165, 1.54) is 5.56 Å². The minimum Gasteiger partial charge on any atom is -0.365 e. The van der Waals surface area contributed by atoms with Crippen molar-refractivity contribution in [2.45, 2.75) is 78.1 Å². The fourth-order valence-electron chi connectivity index (χ4n) is 3.46. The van der Waals surface area contributed by atoms with E-state index in [1.54, 1.807) is 0 Å². The van der Waals surface area contributed by atoms with Gasteiger partial charge in [0, 0.05) is 24.9 Å². The maximum Gasteiger partial charge on any atom is 0.167 e. The fraction of sp³-hybridized carbons (Fsp3) is 0.833. The number of rotatable bonds is 8. The van der Waals surface area contributed by atoms with Crippen LogP contribution < -0.4 is 0 Å². The molecule has 0 aromatic carbocycles. The Morgan fingerprint density at radius 3 is 2.65 bits per heavy atom. The summed E-state index contributed by atoms with van der Waals surface area (Å²) < 4.78 is 11.3. The topological polar surface area (TPSA) is 58.7 Å². The van der Waals surface area contributed by atoms with Crippen LogP contribution in [-0.4, -0.2) is 46.7 Å². The molecule has 2 unspecified atom stereocenters. The molecule has 1 aromatic rings. The first-order chi connectivity index (χ1) is 11.0. The minimum atomic E-state index is -0.954. The summed E-state index contributed by atoms with van der Waals surface area (Å²) in [6.07, 6.45) is 5.43. The van der Waals surface area contributed by atoms with E-state index < -0.39 is 5.79 Å². The van der Waals surface area contributed by atoms with Gasteiger partial charge in [-0.25, -0.2) is 0 Å². The molecule has 5 heteroatoms. The molecule has 5 nitrogen and oxygen atoms in total. The number of aryl methyl sites for hydroxylation is 2. The summed E-state index contributed by atoms with van der Waals surface area (Å²) in [6.45, 7) is 11.2. The number of hydrogen-bond donors (Lipinski definition) is 1. The number of hydrogen-bond acceptors (Lipinski definition) is 5. The Kier molecular flexibility index (Phi) is 6.62. The van der Waals surface area contributed by atoms with Gasteiger partial charge in [0.15, 0.2) is 5.79 Å². The van der Waals surface area contributed by atoms with E-state index in [1.807, 2.05) is 13.8 Å². The van der Waals surface area contributed by atoms with E-state index in [-0.39, 0.29) is 6.10 Å². The summed E-state index contributed by atoms with van der Waals surface area (Å²) in [5.41, 5.74) is 2.15. The van der Waals surface area contributed by atoms with Crippen molar-refractivity contribution in [2.24, 2.45) is 0 Å². The Morgan fingerprint density at radius 2 is 2.04 bits per heavy atom. The molecule has 1 fully saturated rings. The van der Waals surface area contributed by atoms with Gasteiger partial charge in [0.1, 0.15) is 5.76 Å². The highest BCUT2D eigenvalue weighted by Gasteiger charge is 2.35. The predicted octanol–water partition coefficient (Wildman–Crippen LogP) is 3.21. The van der Waals surface area contributed by atoms with Crippen molar-refractivity contribution in [1.82, 2.24) is 10.1 Å². The summed E-state index contributed by atoms with van der Waals surface area (Å²) in [5.74, 6) is -0.0559. The van der Waals surface area contributed by atoms with Crippen LogP contribution in [0.1, 0.15) is 63.0 Å². The van der Waals surface area contributed by atoms with Crippen LogP contribution in [0.4, 0.5) is 0 Å². The average molecular weight is 324 g/mol. The van der Waals surface area contributed by atoms with Crippen LogP contribution in [0.25, 0.3) is 0 Å². The average Bonchev–Trinajstić information content (AvgIpc) is 2.85. The Bertz CT molecular complexity index is 465. The normalized spacial score (nSPS) is 25.2. The van der Waals surface area contributed by atoms with Crippen LogP contribution in [0, 0.1) is 13.8 Å². The lowest BCUT2D eigenvalue weighted by atomic mass is 9.95. The van der Waals surface area contributed by atoms with Crippen molar-refractivity contribution >= 4 is 0 Å². The molecule has 2 rings (SSSR count). The van der Waals surface area contributed by atoms with Gasteiger partial charge in [-0.15, -0.1) is 0 Å². The van der Waals surface area contributed by atoms with Crippen molar-refractivity contribution in [3.05, 3.63) is 17.0 Å². The second kappa shape index (κ2) is 8.27. The van der Waals surface area contributed by atoms with Gasteiger partial charge in [-0.2, -0.15) is 0 Å². The van der Waals surface area contributed by atoms with Crippen LogP contribution in [-0.2, 0) is 11.2 Å². The molecular weight excluding hydrogens is 292 g/mol. The zero-order valence-corrected chi connectivity index (χ0v) is 15.1. The highest BCUT2D eigenvalue weighted by atomic mass is 16.6. The van der Waals surface area contributed by atoms with E-state index in [2.05, 4.69) is 23.9 Å². The molecule has 0 bridgehead atoms. The minimum absolute atomic E-state index is 0.124. The lowest BCUT2D eigenvalue weighted by molar-refractivity contribution is -0.258. The first-order valence-electron chi connectivity index (χ1n) is 9.01. The van der Waals surface area contributed by atoms with Crippen molar-refractivity contribution in [2.75, 3.05) is 19.6 Å². The molecule has 2 heterocycles. The third-order valence-electron chi connectivity index (χ3n) is 5.09. The largest absolute Gasteiger partial charge is 0.365 e. The molecule has 0 saturated carbocycles. The van der Waals surface area contributed by atoms with Crippen molar-refractivity contribution in [3.8, 4) is 0 Å². The summed E-state index contributed by atoms with van der Waals surface area (Å²) in [7, 11) is 0. The highest BCUT2D eigenvalue weighted by molar-refractivity contribution is 5.20. The fourth-order valence-corrected chi connectivity index (χ4v) is 3.46. The van der Waals surface area contributed by atoms with E-state index in [4.69, 9.17) is 9.26 Å². The van der Waals surface area contributed by atoms with Gasteiger partial charge in [0.05, 0.1) is 11.8 Å². The summed E-state index contributed by atoms with van der Waals surface area (Å²) in [4.78, 5) is 2.33. The predicted molar refractivity (Wildman–Crippen MR) is 90.4 cm³/mol. The van der Waals surface area contributed by atoms with E-state index in [0.29, 0.717) is 6.42 Å². The summed E-state index contributed by atoms with van der Waals surface area (Å²) >= 11 is 0. The monoisotopic (exact) mass is 324 g/mol. The SMILES string of the molecule is CCN(CC)CCC1(O)CCCC(CCc2c(C)noc2C)O1. The Labute approximate surface area is 140 Å². The number of nitrogens with zero attached hydrogens (tertiary/aromatic N) is 2. The first-order valence-corrected chi connectivity index (χ1v) is 9.01. The number of aliphatic hydroxyl groups is 1. The maximum atomic E-state index is 10.8. The van der Waals surface area contributed by atoms with Gasteiger partial charge in [0.2, 0.25) is 0 Å². The first kappa shape index (κ1) is 18.4. The number of aromatic nitrogens is 1. The van der Waals surface area contributed by atoms with Crippen LogP contribution >= 0.6 is 0 Å². The smallest absolute Gasteiger partial charge is 0.167 e. The van der Waals surface area contributed by atoms with E-state index in [0.717, 1.165) is 63.2 Å². The lowest BCUT2D eigenvalue weighted by Crippen LogP contribution is -2.43. The molecule has 0 radical (unpaired) electrons. The van der Waals surface area contributed by atoms with Crippen LogP contribution in [0.3, 0.4) is 0 Å². The van der Waals surface area contributed by atoms with Crippen molar-refractivity contribution < 1.29 is 14.4 Å². The number of ether oxygens (including phenoxy) is 1. The third-order valence-corrected chi connectivity index (χ3v) is 5.09. The molecule has 2 atom stereocenters. The lowest BCUT2D eigenvalue weighted by Gasteiger charge is -2.38. The van der Waals surface area contributed by atoms with E-state index in [9.17, 15) is 5.11 Å². The molecule has 1 aliphatic heterocycles. The Morgan fingerprint density at radius 1 is 1.30 bits per heavy atom. The Balaban J connectivity index is 1.85. The standard InChI is InChI=1S/C18H32N2O3/c1-5-20(6-2)13-12-18(21)11-7-8-16(22-18)9-10-17-14(3)19-23-15(17)4/h16,21H,5-13H2,1-4H3. The quantitative estimate of drug-likeness (QED) is 0.795. The van der Waals surface area contributed by atoms with E-state index >= 15 is 0 Å². The summed E-state index contributed by atoms with van der Waals surface area (Å²) in [6, 6.07) is 0. The van der Waals surface area contributed by atoms with Crippen LogP contribution in [0.5, 0.6) is 0 Å². The molecule has 1 aliphatic rings. The Hall–Kier alpha value is -0.910. The molecule has 23 heavy (non-hydrogen) atoms.